The van der Waals surface area contributed by atoms with Crippen molar-refractivity contribution in [3.8, 4) is 5.75 Å². The minimum atomic E-state index is -1.05. The van der Waals surface area contributed by atoms with E-state index in [1.165, 1.54) is 4.90 Å². The lowest BCUT2D eigenvalue weighted by molar-refractivity contribution is 0.195. The van der Waals surface area contributed by atoms with Gasteiger partial charge in [0, 0.05) is 11.2 Å². The summed E-state index contributed by atoms with van der Waals surface area (Å²) < 4.78 is 5.23. The molecule has 1 rings (SSSR count). The van der Waals surface area contributed by atoms with Crippen LogP contribution in [0, 0.1) is 0 Å². The third kappa shape index (κ3) is 3.75. The van der Waals surface area contributed by atoms with Crippen molar-refractivity contribution in [3.63, 3.8) is 0 Å². The van der Waals surface area contributed by atoms with Crippen LogP contribution in [0.15, 0.2) is 18.2 Å². The van der Waals surface area contributed by atoms with Crippen LogP contribution in [0.1, 0.15) is 20.8 Å². The van der Waals surface area contributed by atoms with E-state index in [-0.39, 0.29) is 13.2 Å². The number of ether oxygens (including phenoxy) is 1. The van der Waals surface area contributed by atoms with Gasteiger partial charge in [-0.2, -0.15) is 0 Å². The molecule has 19 heavy (non-hydrogen) atoms. The monoisotopic (exact) mass is 268 g/mol. The highest BCUT2D eigenvalue weighted by molar-refractivity contribution is 5.88. The average Bonchev–Trinajstić information content (AvgIpc) is 2.25. The molecule has 0 saturated carbocycles. The Hall–Kier alpha value is -1.95. The third-order valence-electron chi connectivity index (χ3n) is 2.46. The summed E-state index contributed by atoms with van der Waals surface area (Å²) >= 11 is 0. The topological polar surface area (TPSA) is 96.0 Å². The fourth-order valence-corrected chi connectivity index (χ4v) is 1.75. The molecular formula is C13H20N2O4. The molecule has 0 heterocycles. The van der Waals surface area contributed by atoms with Crippen LogP contribution in [-0.4, -0.2) is 35.1 Å². The van der Waals surface area contributed by atoms with Gasteiger partial charge in [0.2, 0.25) is 0 Å². The Balaban J connectivity index is 3.07. The number of hydrogen-bond acceptors (Lipinski definition) is 4. The lowest BCUT2D eigenvalue weighted by Crippen LogP contribution is -2.45. The first kappa shape index (κ1) is 15.1. The van der Waals surface area contributed by atoms with Gasteiger partial charge in [-0.1, -0.05) is 0 Å². The summed E-state index contributed by atoms with van der Waals surface area (Å²) in [4.78, 5) is 12.6. The van der Waals surface area contributed by atoms with Crippen molar-refractivity contribution in [1.82, 2.24) is 0 Å². The Morgan fingerprint density at radius 1 is 1.42 bits per heavy atom. The van der Waals surface area contributed by atoms with Crippen molar-refractivity contribution in [1.29, 1.82) is 0 Å². The second kappa shape index (κ2) is 5.79. The van der Waals surface area contributed by atoms with Crippen LogP contribution in [0.5, 0.6) is 5.75 Å². The summed E-state index contributed by atoms with van der Waals surface area (Å²) in [6, 6.07) is 4.77. The normalized spacial score (nSPS) is 11.2. The van der Waals surface area contributed by atoms with Gasteiger partial charge < -0.3 is 20.7 Å². The summed E-state index contributed by atoms with van der Waals surface area (Å²) in [5.41, 5.74) is 6.05. The predicted octanol–water partition coefficient (Wildman–Crippen LogP) is 1.92. The quantitative estimate of drug-likeness (QED) is 0.725. The first-order chi connectivity index (χ1) is 8.77. The van der Waals surface area contributed by atoms with Gasteiger partial charge in [0.05, 0.1) is 12.3 Å². The molecule has 0 spiro atoms. The van der Waals surface area contributed by atoms with Crippen LogP contribution >= 0.6 is 0 Å². The number of aliphatic hydroxyl groups is 1. The highest BCUT2D eigenvalue weighted by Gasteiger charge is 2.28. The number of nitrogen functional groups attached to an aromatic ring is 1. The zero-order valence-electron chi connectivity index (χ0n) is 11.4. The molecule has 0 radical (unpaired) electrons. The fourth-order valence-electron chi connectivity index (χ4n) is 1.75. The van der Waals surface area contributed by atoms with Crippen molar-refractivity contribution in [2.24, 2.45) is 0 Å². The molecule has 6 heteroatoms. The average molecular weight is 268 g/mol. The Morgan fingerprint density at radius 3 is 2.47 bits per heavy atom. The molecule has 1 amide bonds. The van der Waals surface area contributed by atoms with Crippen LogP contribution in [0.3, 0.4) is 0 Å². The molecule has 106 valence electrons. The second-order valence-electron chi connectivity index (χ2n) is 5.08. The van der Waals surface area contributed by atoms with Crippen molar-refractivity contribution >= 4 is 17.5 Å². The fraction of sp³-hybridized carbons (Fsp3) is 0.462. The number of anilines is 2. The summed E-state index contributed by atoms with van der Waals surface area (Å²) in [5.74, 6) is 0.428. The Bertz CT molecular complexity index is 454. The first-order valence-electron chi connectivity index (χ1n) is 5.93. The smallest absolute Gasteiger partial charge is 0.412 e. The van der Waals surface area contributed by atoms with Crippen LogP contribution in [0.2, 0.25) is 0 Å². The number of nitrogens with zero attached hydrogens (tertiary/aromatic N) is 1. The van der Waals surface area contributed by atoms with Crippen molar-refractivity contribution in [2.45, 2.75) is 26.3 Å². The van der Waals surface area contributed by atoms with E-state index in [0.717, 1.165) is 0 Å². The van der Waals surface area contributed by atoms with Crippen molar-refractivity contribution in [2.75, 3.05) is 23.8 Å². The number of carboxylic acid groups (broad SMARTS) is 1. The number of rotatable bonds is 4. The maximum Gasteiger partial charge on any atom is 0.412 e. The molecule has 6 nitrogen and oxygen atoms in total. The van der Waals surface area contributed by atoms with E-state index in [9.17, 15) is 9.90 Å². The van der Waals surface area contributed by atoms with Gasteiger partial charge in [0.15, 0.2) is 0 Å². The van der Waals surface area contributed by atoms with E-state index in [1.807, 2.05) is 0 Å². The van der Waals surface area contributed by atoms with E-state index < -0.39 is 11.6 Å². The molecule has 0 aliphatic carbocycles. The molecule has 1 aromatic carbocycles. The molecular weight excluding hydrogens is 248 g/mol. The van der Waals surface area contributed by atoms with Crippen LogP contribution < -0.4 is 15.4 Å². The first-order valence-corrected chi connectivity index (χ1v) is 5.93. The zero-order valence-corrected chi connectivity index (χ0v) is 11.4. The summed E-state index contributed by atoms with van der Waals surface area (Å²) in [7, 11) is 0. The van der Waals surface area contributed by atoms with Gasteiger partial charge in [-0.15, -0.1) is 0 Å². The van der Waals surface area contributed by atoms with Gasteiger partial charge in [0.1, 0.15) is 12.4 Å². The molecule has 0 aliphatic heterocycles. The van der Waals surface area contributed by atoms with Crippen LogP contribution in [-0.2, 0) is 0 Å². The van der Waals surface area contributed by atoms with E-state index in [1.54, 1.807) is 39.0 Å². The second-order valence-corrected chi connectivity index (χ2v) is 5.08. The van der Waals surface area contributed by atoms with Crippen molar-refractivity contribution < 1.29 is 19.7 Å². The number of amides is 1. The van der Waals surface area contributed by atoms with E-state index in [0.29, 0.717) is 17.1 Å². The highest BCUT2D eigenvalue weighted by atomic mass is 16.5. The minimum Gasteiger partial charge on any atom is -0.489 e. The van der Waals surface area contributed by atoms with Crippen molar-refractivity contribution in [3.05, 3.63) is 18.2 Å². The van der Waals surface area contributed by atoms with E-state index >= 15 is 0 Å². The highest BCUT2D eigenvalue weighted by Crippen LogP contribution is 2.30. The number of benzene rings is 1. The Kier molecular flexibility index (Phi) is 4.61. The van der Waals surface area contributed by atoms with Gasteiger partial charge in [-0.05, 0) is 39.0 Å². The summed E-state index contributed by atoms with van der Waals surface area (Å²) in [6.07, 6.45) is -1.05. The van der Waals surface area contributed by atoms with Crippen LogP contribution in [0.25, 0.3) is 0 Å². The third-order valence-corrected chi connectivity index (χ3v) is 2.46. The standard InChI is InChI=1S/C13H20N2O4/c1-13(2,3)15(12(17)18)9-4-5-11(10(14)8-9)19-7-6-16/h4-5,8,16H,6-7,14H2,1-3H3,(H,17,18). The predicted molar refractivity (Wildman–Crippen MR) is 73.7 cm³/mol. The van der Waals surface area contributed by atoms with Gasteiger partial charge in [0.25, 0.3) is 0 Å². The molecule has 0 unspecified atom stereocenters. The number of hydrogen-bond donors (Lipinski definition) is 3. The van der Waals surface area contributed by atoms with E-state index in [4.69, 9.17) is 15.6 Å². The molecule has 0 bridgehead atoms. The number of carbonyl (C=O) groups is 1. The lowest BCUT2D eigenvalue weighted by atomic mass is 10.1. The molecule has 0 fully saturated rings. The maximum absolute atomic E-state index is 11.3. The molecule has 0 atom stereocenters. The van der Waals surface area contributed by atoms with Gasteiger partial charge in [-0.25, -0.2) is 4.79 Å². The van der Waals surface area contributed by atoms with Gasteiger partial charge in [-0.3, -0.25) is 4.90 Å². The molecule has 0 aliphatic rings. The van der Waals surface area contributed by atoms with E-state index in [2.05, 4.69) is 0 Å². The maximum atomic E-state index is 11.3. The molecule has 1 aromatic rings. The molecule has 4 N–H and O–H groups in total. The minimum absolute atomic E-state index is 0.107. The molecule has 0 saturated heterocycles. The SMILES string of the molecule is CC(C)(C)N(C(=O)O)c1ccc(OCCO)c(N)c1. The van der Waals surface area contributed by atoms with Crippen LogP contribution in [0.4, 0.5) is 16.2 Å². The van der Waals surface area contributed by atoms with Gasteiger partial charge >= 0.3 is 6.09 Å². The Labute approximate surface area is 112 Å². The number of aliphatic hydroxyl groups excluding tert-OH is 1. The number of nitrogens with two attached hydrogens (primary N) is 1. The molecule has 0 aromatic heterocycles. The Morgan fingerprint density at radius 2 is 2.05 bits per heavy atom. The summed E-state index contributed by atoms with van der Waals surface area (Å²) in [6.45, 7) is 5.43. The zero-order chi connectivity index (χ0) is 14.6. The largest absolute Gasteiger partial charge is 0.489 e. The lowest BCUT2D eigenvalue weighted by Gasteiger charge is -2.33. The summed E-state index contributed by atoms with van der Waals surface area (Å²) in [5, 5.41) is 18.0.